The van der Waals surface area contributed by atoms with E-state index in [9.17, 15) is 4.39 Å². The second kappa shape index (κ2) is 5.21. The zero-order valence-electron chi connectivity index (χ0n) is 10.9. The lowest BCUT2D eigenvalue weighted by Crippen LogP contribution is -1.89. The lowest BCUT2D eigenvalue weighted by molar-refractivity contribution is 0.386. The molecule has 0 saturated carbocycles. The van der Waals surface area contributed by atoms with Crippen molar-refractivity contribution in [3.8, 4) is 16.9 Å². The Bertz CT molecular complexity index is 529. The van der Waals surface area contributed by atoms with Crippen LogP contribution < -0.4 is 4.74 Å². The van der Waals surface area contributed by atoms with Gasteiger partial charge in [-0.15, -0.1) is 0 Å². The average Bonchev–Trinajstić information content (AvgIpc) is 2.38. The van der Waals surface area contributed by atoms with Gasteiger partial charge in [-0.25, -0.2) is 4.39 Å². The largest absolute Gasteiger partial charge is 0.494 e. The second-order valence-electron chi connectivity index (χ2n) is 4.63. The van der Waals surface area contributed by atoms with Crippen LogP contribution >= 0.6 is 0 Å². The molecule has 0 heterocycles. The lowest BCUT2D eigenvalue weighted by atomic mass is 9.99. The van der Waals surface area contributed by atoms with E-state index in [0.29, 0.717) is 5.92 Å². The fourth-order valence-corrected chi connectivity index (χ4v) is 1.91. The van der Waals surface area contributed by atoms with Gasteiger partial charge in [0.1, 0.15) is 0 Å². The van der Waals surface area contributed by atoms with E-state index in [1.54, 1.807) is 6.07 Å². The van der Waals surface area contributed by atoms with Crippen LogP contribution in [0.15, 0.2) is 42.5 Å². The molecular weight excluding hydrogens is 227 g/mol. The minimum Gasteiger partial charge on any atom is -0.494 e. The van der Waals surface area contributed by atoms with Crippen molar-refractivity contribution in [2.24, 2.45) is 0 Å². The number of hydrogen-bond donors (Lipinski definition) is 0. The molecule has 0 amide bonds. The summed E-state index contributed by atoms with van der Waals surface area (Å²) in [6.07, 6.45) is 0. The van der Waals surface area contributed by atoms with E-state index in [0.717, 1.165) is 11.1 Å². The third-order valence-corrected chi connectivity index (χ3v) is 3.06. The fourth-order valence-electron chi connectivity index (χ4n) is 1.91. The molecule has 2 heteroatoms. The summed E-state index contributed by atoms with van der Waals surface area (Å²) < 4.78 is 18.5. The van der Waals surface area contributed by atoms with Crippen LogP contribution in [0.5, 0.6) is 5.75 Å². The van der Waals surface area contributed by atoms with E-state index in [1.165, 1.54) is 18.7 Å². The predicted octanol–water partition coefficient (Wildman–Crippen LogP) is 4.62. The lowest BCUT2D eigenvalue weighted by Gasteiger charge is -2.08. The molecule has 0 radical (unpaired) electrons. The molecule has 18 heavy (non-hydrogen) atoms. The Morgan fingerprint density at radius 3 is 2.06 bits per heavy atom. The first-order chi connectivity index (χ1) is 8.61. The number of ether oxygens (including phenoxy) is 1. The van der Waals surface area contributed by atoms with E-state index in [-0.39, 0.29) is 11.6 Å². The van der Waals surface area contributed by atoms with Crippen molar-refractivity contribution in [1.82, 2.24) is 0 Å². The third-order valence-electron chi connectivity index (χ3n) is 3.06. The second-order valence-corrected chi connectivity index (χ2v) is 4.63. The van der Waals surface area contributed by atoms with E-state index in [2.05, 4.69) is 26.0 Å². The van der Waals surface area contributed by atoms with Crippen LogP contribution in [0.25, 0.3) is 11.1 Å². The number of benzene rings is 2. The van der Waals surface area contributed by atoms with Gasteiger partial charge in [-0.3, -0.25) is 0 Å². The summed E-state index contributed by atoms with van der Waals surface area (Å²) in [5.74, 6) is 0.451. The van der Waals surface area contributed by atoms with E-state index in [1.807, 2.05) is 18.2 Å². The third kappa shape index (κ3) is 2.53. The minimum atomic E-state index is -0.331. The van der Waals surface area contributed by atoms with Gasteiger partial charge >= 0.3 is 0 Å². The molecule has 2 rings (SSSR count). The quantitative estimate of drug-likeness (QED) is 0.765. The minimum absolute atomic E-state index is 0.276. The molecule has 2 aromatic rings. The van der Waals surface area contributed by atoms with Crippen molar-refractivity contribution in [3.63, 3.8) is 0 Å². The van der Waals surface area contributed by atoms with Crippen LogP contribution in [0.3, 0.4) is 0 Å². The van der Waals surface area contributed by atoms with Crippen LogP contribution in [0, 0.1) is 5.82 Å². The van der Waals surface area contributed by atoms with Crippen molar-refractivity contribution in [1.29, 1.82) is 0 Å². The summed E-state index contributed by atoms with van der Waals surface area (Å²) in [5.41, 5.74) is 3.16. The van der Waals surface area contributed by atoms with Gasteiger partial charge in [-0.2, -0.15) is 0 Å². The van der Waals surface area contributed by atoms with E-state index in [4.69, 9.17) is 4.74 Å². The maximum absolute atomic E-state index is 13.6. The molecule has 0 saturated heterocycles. The number of hydrogen-bond acceptors (Lipinski definition) is 1. The van der Waals surface area contributed by atoms with Gasteiger partial charge in [0.25, 0.3) is 0 Å². The van der Waals surface area contributed by atoms with Gasteiger partial charge in [0, 0.05) is 0 Å². The molecule has 0 spiro atoms. The molecule has 0 aliphatic heterocycles. The first-order valence-corrected chi connectivity index (χ1v) is 6.05. The van der Waals surface area contributed by atoms with Gasteiger partial charge in [0.05, 0.1) is 7.11 Å². The summed E-state index contributed by atoms with van der Waals surface area (Å²) in [4.78, 5) is 0. The highest BCUT2D eigenvalue weighted by Crippen LogP contribution is 2.26. The smallest absolute Gasteiger partial charge is 0.165 e. The Kier molecular flexibility index (Phi) is 3.66. The Morgan fingerprint density at radius 2 is 1.56 bits per heavy atom. The predicted molar refractivity (Wildman–Crippen MR) is 72.5 cm³/mol. The van der Waals surface area contributed by atoms with Crippen LogP contribution in [0.4, 0.5) is 4.39 Å². The molecule has 1 nitrogen and oxygen atoms in total. The van der Waals surface area contributed by atoms with Crippen LogP contribution in [-0.2, 0) is 0 Å². The maximum atomic E-state index is 13.6. The monoisotopic (exact) mass is 244 g/mol. The normalized spacial score (nSPS) is 10.7. The van der Waals surface area contributed by atoms with Crippen molar-refractivity contribution >= 4 is 0 Å². The molecule has 0 unspecified atom stereocenters. The summed E-state index contributed by atoms with van der Waals surface area (Å²) in [6.45, 7) is 4.31. The van der Waals surface area contributed by atoms with Gasteiger partial charge in [-0.1, -0.05) is 44.2 Å². The molecule has 0 atom stereocenters. The van der Waals surface area contributed by atoms with E-state index >= 15 is 0 Å². The molecule has 0 fully saturated rings. The number of methoxy groups -OCH3 is 1. The molecular formula is C16H17FO. The van der Waals surface area contributed by atoms with Gasteiger partial charge in [-0.05, 0) is 34.7 Å². The number of rotatable bonds is 3. The molecule has 94 valence electrons. The Balaban J connectivity index is 2.34. The SMILES string of the molecule is COc1ccc(-c2ccc(C(C)C)cc2)cc1F. The molecule has 0 bridgehead atoms. The van der Waals surface area contributed by atoms with Crippen molar-refractivity contribution in [2.45, 2.75) is 19.8 Å². The first-order valence-electron chi connectivity index (χ1n) is 6.05. The summed E-state index contributed by atoms with van der Waals surface area (Å²) in [5, 5.41) is 0. The molecule has 0 aliphatic rings. The summed E-state index contributed by atoms with van der Waals surface area (Å²) in [7, 11) is 1.47. The first kappa shape index (κ1) is 12.6. The molecule has 0 N–H and O–H groups in total. The molecule has 2 aromatic carbocycles. The van der Waals surface area contributed by atoms with Crippen LogP contribution in [0.1, 0.15) is 25.3 Å². The van der Waals surface area contributed by atoms with Gasteiger partial charge in [0.15, 0.2) is 11.6 Å². The van der Waals surface area contributed by atoms with Crippen molar-refractivity contribution in [3.05, 3.63) is 53.8 Å². The topological polar surface area (TPSA) is 9.23 Å². The summed E-state index contributed by atoms with van der Waals surface area (Å²) >= 11 is 0. The zero-order chi connectivity index (χ0) is 13.1. The highest BCUT2D eigenvalue weighted by atomic mass is 19.1. The standard InChI is InChI=1S/C16H17FO/c1-11(2)12-4-6-13(7-5-12)14-8-9-16(18-3)15(17)10-14/h4-11H,1-3H3. The highest BCUT2D eigenvalue weighted by molar-refractivity contribution is 5.64. The van der Waals surface area contributed by atoms with Crippen LogP contribution in [-0.4, -0.2) is 7.11 Å². The zero-order valence-corrected chi connectivity index (χ0v) is 10.9. The fraction of sp³-hybridized carbons (Fsp3) is 0.250. The van der Waals surface area contributed by atoms with E-state index < -0.39 is 0 Å². The Labute approximate surface area is 107 Å². The van der Waals surface area contributed by atoms with Crippen LogP contribution in [0.2, 0.25) is 0 Å². The van der Waals surface area contributed by atoms with Gasteiger partial charge < -0.3 is 4.74 Å². The highest BCUT2D eigenvalue weighted by Gasteiger charge is 2.05. The van der Waals surface area contributed by atoms with Gasteiger partial charge in [0.2, 0.25) is 0 Å². The average molecular weight is 244 g/mol. The number of halogens is 1. The maximum Gasteiger partial charge on any atom is 0.165 e. The Morgan fingerprint density at radius 1 is 0.944 bits per heavy atom. The molecule has 0 aliphatic carbocycles. The molecule has 0 aromatic heterocycles. The Hall–Kier alpha value is -1.83. The van der Waals surface area contributed by atoms with Crippen molar-refractivity contribution < 1.29 is 9.13 Å². The van der Waals surface area contributed by atoms with Crippen molar-refractivity contribution in [2.75, 3.05) is 7.11 Å². The summed E-state index contributed by atoms with van der Waals surface area (Å²) in [6, 6.07) is 13.2.